The van der Waals surface area contributed by atoms with E-state index in [-0.39, 0.29) is 38.5 Å². The number of carbonyl (C=O) groups excluding carboxylic acids is 1. The summed E-state index contributed by atoms with van der Waals surface area (Å²) in [7, 11) is 0. The molecule has 33 heavy (non-hydrogen) atoms. The van der Waals surface area contributed by atoms with Gasteiger partial charge in [0.15, 0.2) is 16.9 Å². The van der Waals surface area contributed by atoms with Crippen LogP contribution in [0.2, 0.25) is 0 Å². The summed E-state index contributed by atoms with van der Waals surface area (Å²) in [5, 5.41) is 16.2. The highest BCUT2D eigenvalue weighted by Crippen LogP contribution is 2.42. The number of nitrogens with zero attached hydrogens (tertiary/aromatic N) is 5. The Hall–Kier alpha value is -3.23. The topological polar surface area (TPSA) is 123 Å². The van der Waals surface area contributed by atoms with Gasteiger partial charge in [0.2, 0.25) is 5.91 Å². The molecular formula is C18H12BrF5N6O3. The number of nitrogens with one attached hydrogen (secondary N) is 1. The fraction of sp³-hybridized carbons (Fsp3) is 0.333. The molecule has 0 fully saturated rings. The van der Waals surface area contributed by atoms with Gasteiger partial charge in [-0.15, -0.1) is 0 Å². The monoisotopic (exact) mass is 534 g/mol. The van der Waals surface area contributed by atoms with E-state index in [0.717, 1.165) is 4.68 Å². The molecule has 3 aromatic rings. The van der Waals surface area contributed by atoms with Gasteiger partial charge in [0.05, 0.1) is 10.9 Å². The second-order valence-corrected chi connectivity index (χ2v) is 8.10. The van der Waals surface area contributed by atoms with Gasteiger partial charge < -0.3 is 10.4 Å². The molecule has 0 aliphatic carbocycles. The molecule has 0 spiro atoms. The van der Waals surface area contributed by atoms with Gasteiger partial charge in [-0.05, 0) is 35.0 Å². The standard InChI is InChI=1S/C18H12BrF5N6O3/c1-16(15(32)33)8-10(19)26-12(27-11(8)28-14(16)31)9-7-3-2-5-25-13(7)30(29-9)6-4-17(20,21)18(22,23)24/h2-3,5H,4,6H2,1H3,(H,32,33)(H,26,27,28,31). The second kappa shape index (κ2) is 7.40. The molecule has 0 radical (unpaired) electrons. The molecule has 15 heteroatoms. The summed E-state index contributed by atoms with van der Waals surface area (Å²) >= 11 is 3.14. The van der Waals surface area contributed by atoms with E-state index < -0.39 is 42.4 Å². The lowest BCUT2D eigenvalue weighted by atomic mass is 9.85. The number of rotatable bonds is 5. The fourth-order valence-corrected chi connectivity index (χ4v) is 4.09. The van der Waals surface area contributed by atoms with Crippen LogP contribution in [-0.4, -0.2) is 53.8 Å². The lowest BCUT2D eigenvalue weighted by Gasteiger charge is -2.19. The third-order valence-corrected chi connectivity index (χ3v) is 5.82. The van der Waals surface area contributed by atoms with Crippen LogP contribution in [0, 0.1) is 0 Å². The van der Waals surface area contributed by atoms with Gasteiger partial charge in [-0.2, -0.15) is 27.1 Å². The van der Waals surface area contributed by atoms with Crippen molar-refractivity contribution in [3.63, 3.8) is 0 Å². The van der Waals surface area contributed by atoms with Crippen molar-refractivity contribution >= 4 is 44.7 Å². The highest BCUT2D eigenvalue weighted by Gasteiger charge is 2.57. The maximum Gasteiger partial charge on any atom is 0.453 e. The van der Waals surface area contributed by atoms with E-state index in [1.807, 2.05) is 0 Å². The van der Waals surface area contributed by atoms with Crippen molar-refractivity contribution in [3.8, 4) is 11.5 Å². The summed E-state index contributed by atoms with van der Waals surface area (Å²) in [4.78, 5) is 36.3. The molecular weight excluding hydrogens is 523 g/mol. The van der Waals surface area contributed by atoms with E-state index in [1.165, 1.54) is 25.3 Å². The Bertz CT molecular complexity index is 1310. The van der Waals surface area contributed by atoms with E-state index in [0.29, 0.717) is 0 Å². The molecule has 0 bridgehead atoms. The summed E-state index contributed by atoms with van der Waals surface area (Å²) in [6, 6.07) is 2.99. The average Bonchev–Trinajstić information content (AvgIpc) is 3.21. The Labute approximate surface area is 189 Å². The predicted octanol–water partition coefficient (Wildman–Crippen LogP) is 3.53. The second-order valence-electron chi connectivity index (χ2n) is 7.34. The summed E-state index contributed by atoms with van der Waals surface area (Å²) < 4.78 is 65.3. The predicted molar refractivity (Wildman–Crippen MR) is 105 cm³/mol. The van der Waals surface area contributed by atoms with Crippen molar-refractivity contribution in [2.45, 2.75) is 37.4 Å². The number of hydrogen-bond donors (Lipinski definition) is 2. The SMILES string of the molecule is CC1(C(=O)O)C(=O)Nc2nc(-c3nn(CCC(F)(F)C(F)(F)F)c4ncccc34)nc(Br)c21. The molecule has 1 atom stereocenters. The van der Waals surface area contributed by atoms with Gasteiger partial charge >= 0.3 is 18.1 Å². The Morgan fingerprint density at radius 2 is 1.97 bits per heavy atom. The maximum atomic E-state index is 13.4. The number of anilines is 1. The quantitative estimate of drug-likeness (QED) is 0.291. The lowest BCUT2D eigenvalue weighted by molar-refractivity contribution is -0.285. The Kier molecular flexibility index (Phi) is 5.14. The third kappa shape index (κ3) is 3.50. The fourth-order valence-electron chi connectivity index (χ4n) is 3.34. The molecule has 0 saturated carbocycles. The molecule has 4 heterocycles. The van der Waals surface area contributed by atoms with Gasteiger partial charge in [-0.3, -0.25) is 9.59 Å². The first kappa shape index (κ1) is 22.9. The molecule has 1 aliphatic rings. The number of amides is 1. The summed E-state index contributed by atoms with van der Waals surface area (Å²) in [6.07, 6.45) is -5.97. The number of carbonyl (C=O) groups is 2. The minimum Gasteiger partial charge on any atom is -0.480 e. The molecule has 1 unspecified atom stereocenters. The van der Waals surface area contributed by atoms with Crippen molar-refractivity contribution < 1.29 is 36.6 Å². The summed E-state index contributed by atoms with van der Waals surface area (Å²) in [5.41, 5.74) is -1.96. The number of fused-ring (bicyclic) bond motifs is 2. The van der Waals surface area contributed by atoms with Gasteiger partial charge in [-0.25, -0.2) is 19.6 Å². The zero-order valence-corrected chi connectivity index (χ0v) is 18.0. The zero-order chi connectivity index (χ0) is 24.3. The number of halogens is 6. The highest BCUT2D eigenvalue weighted by atomic mass is 79.9. The number of aryl methyl sites for hydroxylation is 1. The van der Waals surface area contributed by atoms with Gasteiger partial charge in [0.1, 0.15) is 16.1 Å². The number of carboxylic acid groups (broad SMARTS) is 1. The smallest absolute Gasteiger partial charge is 0.453 e. The lowest BCUT2D eigenvalue weighted by Crippen LogP contribution is -2.39. The van der Waals surface area contributed by atoms with E-state index in [4.69, 9.17) is 0 Å². The van der Waals surface area contributed by atoms with Gasteiger partial charge in [-0.1, -0.05) is 0 Å². The molecule has 4 rings (SSSR count). The number of hydrogen-bond acceptors (Lipinski definition) is 6. The van der Waals surface area contributed by atoms with Crippen molar-refractivity contribution in [1.29, 1.82) is 0 Å². The minimum atomic E-state index is -5.71. The van der Waals surface area contributed by atoms with Gasteiger partial charge in [0.25, 0.3) is 0 Å². The first-order chi connectivity index (χ1) is 15.3. The number of pyridine rings is 1. The van der Waals surface area contributed by atoms with Crippen LogP contribution >= 0.6 is 15.9 Å². The molecule has 9 nitrogen and oxygen atoms in total. The van der Waals surface area contributed by atoms with E-state index in [2.05, 4.69) is 41.3 Å². The molecule has 174 valence electrons. The number of aliphatic carboxylic acids is 1. The van der Waals surface area contributed by atoms with Crippen LogP contribution in [0.25, 0.3) is 22.6 Å². The molecule has 0 aromatic carbocycles. The van der Waals surface area contributed by atoms with Gasteiger partial charge in [0, 0.05) is 19.2 Å². The first-order valence-corrected chi connectivity index (χ1v) is 9.96. The van der Waals surface area contributed by atoms with Crippen molar-refractivity contribution in [2.24, 2.45) is 0 Å². The molecule has 1 amide bonds. The Morgan fingerprint density at radius 1 is 1.27 bits per heavy atom. The zero-order valence-electron chi connectivity index (χ0n) is 16.4. The number of carboxylic acids is 1. The highest BCUT2D eigenvalue weighted by molar-refractivity contribution is 9.10. The third-order valence-electron chi connectivity index (χ3n) is 5.25. The molecule has 3 aromatic heterocycles. The van der Waals surface area contributed by atoms with Crippen molar-refractivity contribution in [1.82, 2.24) is 24.7 Å². The first-order valence-electron chi connectivity index (χ1n) is 9.16. The summed E-state index contributed by atoms with van der Waals surface area (Å²) in [6.45, 7) is 0.374. The Morgan fingerprint density at radius 3 is 2.61 bits per heavy atom. The van der Waals surface area contributed by atoms with Crippen LogP contribution < -0.4 is 5.32 Å². The van der Waals surface area contributed by atoms with E-state index in [9.17, 15) is 36.6 Å². The summed E-state index contributed by atoms with van der Waals surface area (Å²) in [5.74, 6) is -7.44. The van der Waals surface area contributed by atoms with Crippen LogP contribution in [0.1, 0.15) is 18.9 Å². The largest absolute Gasteiger partial charge is 0.480 e. The number of alkyl halides is 5. The molecule has 2 N–H and O–H groups in total. The van der Waals surface area contributed by atoms with Crippen molar-refractivity contribution in [2.75, 3.05) is 5.32 Å². The minimum absolute atomic E-state index is 0.00454. The normalized spacial score (nSPS) is 18.5. The van der Waals surface area contributed by atoms with Crippen LogP contribution in [0.5, 0.6) is 0 Å². The van der Waals surface area contributed by atoms with Crippen LogP contribution in [0.3, 0.4) is 0 Å². The van der Waals surface area contributed by atoms with Crippen LogP contribution in [-0.2, 0) is 21.5 Å². The van der Waals surface area contributed by atoms with Crippen LogP contribution in [0.4, 0.5) is 27.8 Å². The van der Waals surface area contributed by atoms with Crippen LogP contribution in [0.15, 0.2) is 22.9 Å². The molecule has 0 saturated heterocycles. The van der Waals surface area contributed by atoms with E-state index >= 15 is 0 Å². The maximum absolute atomic E-state index is 13.4. The number of aromatic nitrogens is 5. The van der Waals surface area contributed by atoms with Crippen molar-refractivity contribution in [3.05, 3.63) is 28.5 Å². The van der Waals surface area contributed by atoms with E-state index in [1.54, 1.807) is 0 Å². The Balaban J connectivity index is 1.80. The molecule has 1 aliphatic heterocycles. The average molecular weight is 535 g/mol.